The molecule has 1 saturated heterocycles. The molecule has 1 fully saturated rings. The summed E-state index contributed by atoms with van der Waals surface area (Å²) in [5.41, 5.74) is 1.52. The zero-order valence-electron chi connectivity index (χ0n) is 10.9. The molecule has 1 aromatic heterocycles. The smallest absolute Gasteiger partial charge is 0.0749 e. The third-order valence-corrected chi connectivity index (χ3v) is 3.43. The van der Waals surface area contributed by atoms with Gasteiger partial charge >= 0.3 is 0 Å². The van der Waals surface area contributed by atoms with Crippen molar-refractivity contribution in [3.63, 3.8) is 0 Å². The van der Waals surface area contributed by atoms with Crippen LogP contribution in [0.3, 0.4) is 0 Å². The van der Waals surface area contributed by atoms with Gasteiger partial charge < -0.3 is 9.84 Å². The Hall–Kier alpha value is -0.870. The molecule has 17 heavy (non-hydrogen) atoms. The average Bonchev–Trinajstić information content (AvgIpc) is 2.57. The Kier molecular flexibility index (Phi) is 3.54. The highest BCUT2D eigenvalue weighted by Crippen LogP contribution is 2.28. The molecule has 1 aliphatic rings. The number of ether oxygens (including phenoxy) is 1. The zero-order chi connectivity index (χ0) is 12.5. The minimum Gasteiger partial charge on any atom is -0.389 e. The molecule has 1 aromatic rings. The van der Waals surface area contributed by atoms with Gasteiger partial charge in [-0.1, -0.05) is 0 Å². The molecule has 0 aliphatic carbocycles. The Bertz CT molecular complexity index is 389. The first-order valence-corrected chi connectivity index (χ1v) is 6.40. The quantitative estimate of drug-likeness (QED) is 0.871. The largest absolute Gasteiger partial charge is 0.389 e. The van der Waals surface area contributed by atoms with Crippen LogP contribution in [0.1, 0.15) is 38.1 Å². The predicted octanol–water partition coefficient (Wildman–Crippen LogP) is 1.68. The summed E-state index contributed by atoms with van der Waals surface area (Å²) in [6, 6.07) is 2.07. The molecule has 2 unspecified atom stereocenters. The lowest BCUT2D eigenvalue weighted by Crippen LogP contribution is -2.42. The third-order valence-electron chi connectivity index (χ3n) is 3.43. The summed E-state index contributed by atoms with van der Waals surface area (Å²) < 4.78 is 7.47. The predicted molar refractivity (Wildman–Crippen MR) is 65.9 cm³/mol. The summed E-state index contributed by atoms with van der Waals surface area (Å²) in [6.07, 6.45) is 2.24. The molecule has 0 spiro atoms. The molecule has 2 rings (SSSR count). The molecule has 1 N–H and O–H groups in total. The summed E-state index contributed by atoms with van der Waals surface area (Å²) in [7, 11) is 0. The first-order chi connectivity index (χ1) is 8.02. The van der Waals surface area contributed by atoms with E-state index in [4.69, 9.17) is 4.74 Å². The highest BCUT2D eigenvalue weighted by atomic mass is 16.5. The Morgan fingerprint density at radius 1 is 1.65 bits per heavy atom. The van der Waals surface area contributed by atoms with Gasteiger partial charge in [0.1, 0.15) is 0 Å². The van der Waals surface area contributed by atoms with E-state index in [1.54, 1.807) is 0 Å². The van der Waals surface area contributed by atoms with Crippen molar-refractivity contribution in [2.45, 2.75) is 58.3 Å². The van der Waals surface area contributed by atoms with Crippen LogP contribution in [0.25, 0.3) is 0 Å². The fraction of sp³-hybridized carbons (Fsp3) is 0.769. The lowest BCUT2D eigenvalue weighted by atomic mass is 9.86. The second-order valence-corrected chi connectivity index (χ2v) is 5.13. The van der Waals surface area contributed by atoms with E-state index in [0.29, 0.717) is 25.9 Å². The molecule has 0 amide bonds. The van der Waals surface area contributed by atoms with E-state index in [-0.39, 0.29) is 6.10 Å². The minimum absolute atomic E-state index is 0.146. The van der Waals surface area contributed by atoms with Gasteiger partial charge in [0.15, 0.2) is 0 Å². The zero-order valence-corrected chi connectivity index (χ0v) is 10.9. The third kappa shape index (κ3) is 2.87. The van der Waals surface area contributed by atoms with Crippen molar-refractivity contribution in [3.8, 4) is 0 Å². The van der Waals surface area contributed by atoms with Gasteiger partial charge in [0, 0.05) is 31.7 Å². The van der Waals surface area contributed by atoms with E-state index in [1.165, 1.54) is 0 Å². The first-order valence-electron chi connectivity index (χ1n) is 6.40. The molecule has 4 nitrogen and oxygen atoms in total. The Morgan fingerprint density at radius 3 is 3.06 bits per heavy atom. The number of hydrogen-bond donors (Lipinski definition) is 1. The first kappa shape index (κ1) is 12.6. The number of aromatic nitrogens is 2. The van der Waals surface area contributed by atoms with Gasteiger partial charge in [-0.2, -0.15) is 5.10 Å². The van der Waals surface area contributed by atoms with Crippen LogP contribution >= 0.6 is 0 Å². The second kappa shape index (κ2) is 4.78. The Labute approximate surface area is 103 Å². The number of aliphatic hydroxyl groups is 1. The highest BCUT2D eigenvalue weighted by Gasteiger charge is 2.34. The maximum absolute atomic E-state index is 10.6. The summed E-state index contributed by atoms with van der Waals surface area (Å²) in [5, 5.41) is 15.0. The summed E-state index contributed by atoms with van der Waals surface area (Å²) in [6.45, 7) is 7.59. The molecule has 96 valence electrons. The average molecular weight is 238 g/mol. The highest BCUT2D eigenvalue weighted by molar-refractivity contribution is 5.12. The van der Waals surface area contributed by atoms with Crippen LogP contribution in [-0.4, -0.2) is 33.2 Å². The Balaban J connectivity index is 2.13. The second-order valence-electron chi connectivity index (χ2n) is 5.13. The van der Waals surface area contributed by atoms with Crippen molar-refractivity contribution >= 4 is 0 Å². The lowest BCUT2D eigenvalue weighted by molar-refractivity contribution is -0.0968. The van der Waals surface area contributed by atoms with Gasteiger partial charge in [-0.05, 0) is 33.3 Å². The summed E-state index contributed by atoms with van der Waals surface area (Å²) in [5.74, 6) is 0. The maximum atomic E-state index is 10.6. The van der Waals surface area contributed by atoms with E-state index >= 15 is 0 Å². The molecule has 0 radical (unpaired) electrons. The normalized spacial score (nSPS) is 29.5. The number of aryl methyl sites for hydroxylation is 2. The summed E-state index contributed by atoms with van der Waals surface area (Å²) >= 11 is 0. The molecule has 2 atom stereocenters. The molecule has 0 aromatic carbocycles. The molecule has 1 aliphatic heterocycles. The van der Waals surface area contributed by atoms with E-state index in [2.05, 4.69) is 18.1 Å². The molecule has 2 heterocycles. The monoisotopic (exact) mass is 238 g/mol. The van der Waals surface area contributed by atoms with Crippen molar-refractivity contribution in [3.05, 3.63) is 17.5 Å². The summed E-state index contributed by atoms with van der Waals surface area (Å²) in [4.78, 5) is 0. The van der Waals surface area contributed by atoms with Gasteiger partial charge in [-0.15, -0.1) is 0 Å². The van der Waals surface area contributed by atoms with Gasteiger partial charge in [0.05, 0.1) is 17.4 Å². The van der Waals surface area contributed by atoms with E-state index in [9.17, 15) is 5.11 Å². The van der Waals surface area contributed by atoms with Crippen molar-refractivity contribution in [1.29, 1.82) is 0 Å². The van der Waals surface area contributed by atoms with E-state index < -0.39 is 5.60 Å². The van der Waals surface area contributed by atoms with Gasteiger partial charge in [0.2, 0.25) is 0 Å². The van der Waals surface area contributed by atoms with Crippen LogP contribution in [-0.2, 0) is 17.7 Å². The molecule has 4 heteroatoms. The number of hydrogen-bond acceptors (Lipinski definition) is 3. The van der Waals surface area contributed by atoms with Gasteiger partial charge in [-0.25, -0.2) is 0 Å². The van der Waals surface area contributed by atoms with E-state index in [0.717, 1.165) is 17.9 Å². The Morgan fingerprint density at radius 2 is 2.41 bits per heavy atom. The van der Waals surface area contributed by atoms with Crippen LogP contribution in [0.5, 0.6) is 0 Å². The fourth-order valence-corrected chi connectivity index (χ4v) is 2.66. The maximum Gasteiger partial charge on any atom is 0.0749 e. The number of rotatable bonds is 3. The number of nitrogens with zero attached hydrogens (tertiary/aromatic N) is 2. The van der Waals surface area contributed by atoms with Gasteiger partial charge in [0.25, 0.3) is 0 Å². The van der Waals surface area contributed by atoms with Crippen LogP contribution in [0.4, 0.5) is 0 Å². The molecular weight excluding hydrogens is 216 g/mol. The SMILES string of the molecule is CCn1nc(C)cc1CC1(O)CCOC(C)C1. The lowest BCUT2D eigenvalue weighted by Gasteiger charge is -2.35. The standard InChI is InChI=1S/C13H22N2O2/c1-4-15-12(7-10(2)14-15)9-13(16)5-6-17-11(3)8-13/h7,11,16H,4-6,8-9H2,1-3H3. The van der Waals surface area contributed by atoms with Crippen molar-refractivity contribution in [2.24, 2.45) is 0 Å². The molecule has 0 saturated carbocycles. The topological polar surface area (TPSA) is 47.3 Å². The minimum atomic E-state index is -0.628. The van der Waals surface area contributed by atoms with E-state index in [1.807, 2.05) is 18.5 Å². The van der Waals surface area contributed by atoms with Crippen LogP contribution in [0.15, 0.2) is 6.07 Å². The fourth-order valence-electron chi connectivity index (χ4n) is 2.66. The van der Waals surface area contributed by atoms with Crippen molar-refractivity contribution in [2.75, 3.05) is 6.61 Å². The molecule has 0 bridgehead atoms. The van der Waals surface area contributed by atoms with Crippen molar-refractivity contribution < 1.29 is 9.84 Å². The van der Waals surface area contributed by atoms with Gasteiger partial charge in [-0.3, -0.25) is 4.68 Å². The van der Waals surface area contributed by atoms with Crippen molar-refractivity contribution in [1.82, 2.24) is 9.78 Å². The van der Waals surface area contributed by atoms with Crippen LogP contribution in [0, 0.1) is 6.92 Å². The van der Waals surface area contributed by atoms with Crippen LogP contribution < -0.4 is 0 Å². The molecular formula is C13H22N2O2. The van der Waals surface area contributed by atoms with Crippen LogP contribution in [0.2, 0.25) is 0 Å².